The third kappa shape index (κ3) is 2.81. The lowest BCUT2D eigenvalue weighted by atomic mass is 9.60. The van der Waals surface area contributed by atoms with Crippen molar-refractivity contribution >= 4 is 11.3 Å². The van der Waals surface area contributed by atoms with Gasteiger partial charge in [0.2, 0.25) is 0 Å². The predicted octanol–water partition coefficient (Wildman–Crippen LogP) is 4.01. The van der Waals surface area contributed by atoms with Crippen LogP contribution < -0.4 is 5.32 Å². The third-order valence-corrected chi connectivity index (χ3v) is 6.14. The quantitative estimate of drug-likeness (QED) is 0.820. The van der Waals surface area contributed by atoms with Crippen LogP contribution in [0.25, 0.3) is 0 Å². The zero-order valence-corrected chi connectivity index (χ0v) is 13.4. The number of hydrogen-bond acceptors (Lipinski definition) is 3. The normalized spacial score (nSPS) is 27.9. The summed E-state index contributed by atoms with van der Waals surface area (Å²) in [4.78, 5) is 1.45. The molecule has 1 aromatic rings. The summed E-state index contributed by atoms with van der Waals surface area (Å²) in [6.45, 7) is 4.31. The summed E-state index contributed by atoms with van der Waals surface area (Å²) in [6, 6.07) is 5.06. The largest absolute Gasteiger partial charge is 0.377 e. The summed E-state index contributed by atoms with van der Waals surface area (Å²) in [6.07, 6.45) is 9.60. The number of ether oxygens (including phenoxy) is 1. The van der Waals surface area contributed by atoms with Crippen molar-refractivity contribution in [3.63, 3.8) is 0 Å². The van der Waals surface area contributed by atoms with Crippen molar-refractivity contribution in [3.05, 3.63) is 22.4 Å². The van der Waals surface area contributed by atoms with Crippen LogP contribution in [0, 0.1) is 5.41 Å². The molecule has 0 aliphatic heterocycles. The first-order valence-corrected chi connectivity index (χ1v) is 9.10. The van der Waals surface area contributed by atoms with Crippen molar-refractivity contribution in [2.24, 2.45) is 5.41 Å². The third-order valence-electron chi connectivity index (χ3n) is 5.21. The number of thiophene rings is 1. The molecule has 2 saturated carbocycles. The summed E-state index contributed by atoms with van der Waals surface area (Å²) in [7, 11) is 0. The Morgan fingerprint density at radius 3 is 2.95 bits per heavy atom. The Morgan fingerprint density at radius 2 is 2.25 bits per heavy atom. The molecule has 3 heteroatoms. The molecule has 2 aliphatic rings. The van der Waals surface area contributed by atoms with E-state index in [1.807, 2.05) is 11.3 Å². The van der Waals surface area contributed by atoms with Crippen LogP contribution in [0.5, 0.6) is 0 Å². The van der Waals surface area contributed by atoms with Gasteiger partial charge in [0.15, 0.2) is 0 Å². The average molecular weight is 293 g/mol. The van der Waals surface area contributed by atoms with Crippen LogP contribution in [0.15, 0.2) is 17.5 Å². The van der Waals surface area contributed by atoms with Crippen LogP contribution in [-0.2, 0) is 11.2 Å². The lowest BCUT2D eigenvalue weighted by Crippen LogP contribution is -2.62. The van der Waals surface area contributed by atoms with Crippen molar-refractivity contribution in [3.8, 4) is 0 Å². The monoisotopic (exact) mass is 293 g/mol. The van der Waals surface area contributed by atoms with Gasteiger partial charge >= 0.3 is 0 Å². The highest BCUT2D eigenvalue weighted by atomic mass is 32.1. The van der Waals surface area contributed by atoms with E-state index < -0.39 is 0 Å². The highest BCUT2D eigenvalue weighted by molar-refractivity contribution is 7.09. The van der Waals surface area contributed by atoms with Crippen LogP contribution in [-0.4, -0.2) is 25.3 Å². The van der Waals surface area contributed by atoms with Gasteiger partial charge in [0, 0.05) is 22.8 Å². The molecule has 2 unspecified atom stereocenters. The summed E-state index contributed by atoms with van der Waals surface area (Å²) >= 11 is 1.84. The van der Waals surface area contributed by atoms with Crippen molar-refractivity contribution < 1.29 is 4.74 Å². The van der Waals surface area contributed by atoms with Crippen molar-refractivity contribution in [2.45, 2.75) is 64.0 Å². The van der Waals surface area contributed by atoms with E-state index in [0.717, 1.165) is 25.6 Å². The van der Waals surface area contributed by atoms with Crippen LogP contribution in [0.2, 0.25) is 0 Å². The minimum Gasteiger partial charge on any atom is -0.377 e. The molecule has 1 N–H and O–H groups in total. The maximum absolute atomic E-state index is 6.27. The van der Waals surface area contributed by atoms with Crippen LogP contribution in [0.1, 0.15) is 50.3 Å². The first-order valence-electron chi connectivity index (χ1n) is 8.22. The molecule has 2 nitrogen and oxygen atoms in total. The lowest BCUT2D eigenvalue weighted by Gasteiger charge is -2.54. The van der Waals surface area contributed by atoms with Crippen molar-refractivity contribution in [2.75, 3.05) is 13.2 Å². The Hall–Kier alpha value is -0.380. The van der Waals surface area contributed by atoms with Gasteiger partial charge in [-0.3, -0.25) is 0 Å². The SMILES string of the molecule is CCCNC1CC(OCCc2cccs2)C12CCCC2. The maximum atomic E-state index is 6.27. The highest BCUT2D eigenvalue weighted by Gasteiger charge is 2.56. The summed E-state index contributed by atoms with van der Waals surface area (Å²) in [5, 5.41) is 5.91. The maximum Gasteiger partial charge on any atom is 0.0661 e. The molecule has 1 spiro atoms. The van der Waals surface area contributed by atoms with Gasteiger partial charge in [-0.05, 0) is 43.7 Å². The van der Waals surface area contributed by atoms with E-state index in [9.17, 15) is 0 Å². The van der Waals surface area contributed by atoms with E-state index in [1.54, 1.807) is 0 Å². The van der Waals surface area contributed by atoms with Gasteiger partial charge in [0.25, 0.3) is 0 Å². The second-order valence-corrected chi connectivity index (χ2v) is 7.40. The smallest absolute Gasteiger partial charge is 0.0661 e. The van der Waals surface area contributed by atoms with Gasteiger partial charge < -0.3 is 10.1 Å². The standard InChI is InChI=1S/C17H27NOS/c1-2-10-18-15-13-16(17(15)8-3-4-9-17)19-11-7-14-6-5-12-20-14/h5-6,12,15-16,18H,2-4,7-11,13H2,1H3. The van der Waals surface area contributed by atoms with Crippen LogP contribution >= 0.6 is 11.3 Å². The molecule has 3 rings (SSSR count). The molecule has 0 radical (unpaired) electrons. The Morgan fingerprint density at radius 1 is 1.40 bits per heavy atom. The minimum atomic E-state index is 0.477. The van der Waals surface area contributed by atoms with E-state index in [1.165, 1.54) is 43.4 Å². The number of hydrogen-bond donors (Lipinski definition) is 1. The Balaban J connectivity index is 1.49. The predicted molar refractivity (Wildman–Crippen MR) is 85.4 cm³/mol. The van der Waals surface area contributed by atoms with Crippen molar-refractivity contribution in [1.82, 2.24) is 5.32 Å². The van der Waals surface area contributed by atoms with E-state index in [2.05, 4.69) is 29.8 Å². The second-order valence-electron chi connectivity index (χ2n) is 6.37. The molecule has 112 valence electrons. The zero-order valence-electron chi connectivity index (χ0n) is 12.6. The van der Waals surface area contributed by atoms with E-state index >= 15 is 0 Å². The molecule has 20 heavy (non-hydrogen) atoms. The van der Waals surface area contributed by atoms with Gasteiger partial charge in [0.05, 0.1) is 12.7 Å². The molecule has 1 aromatic heterocycles. The van der Waals surface area contributed by atoms with Crippen LogP contribution in [0.3, 0.4) is 0 Å². The fourth-order valence-electron chi connectivity index (χ4n) is 4.05. The number of rotatable bonds is 7. The zero-order chi connectivity index (χ0) is 13.8. The van der Waals surface area contributed by atoms with E-state index in [-0.39, 0.29) is 0 Å². The van der Waals surface area contributed by atoms with Gasteiger partial charge in [-0.1, -0.05) is 25.8 Å². The van der Waals surface area contributed by atoms with Gasteiger partial charge in [-0.15, -0.1) is 11.3 Å². The molecule has 0 amide bonds. The average Bonchev–Trinajstić information content (AvgIpc) is 3.12. The minimum absolute atomic E-state index is 0.477. The van der Waals surface area contributed by atoms with Crippen molar-refractivity contribution in [1.29, 1.82) is 0 Å². The Labute approximate surface area is 126 Å². The summed E-state index contributed by atoms with van der Waals surface area (Å²) in [5.41, 5.74) is 0.477. The van der Waals surface area contributed by atoms with E-state index in [0.29, 0.717) is 11.5 Å². The van der Waals surface area contributed by atoms with Gasteiger partial charge in [-0.25, -0.2) is 0 Å². The van der Waals surface area contributed by atoms with Gasteiger partial charge in [-0.2, -0.15) is 0 Å². The second kappa shape index (κ2) is 6.59. The van der Waals surface area contributed by atoms with Crippen LogP contribution in [0.4, 0.5) is 0 Å². The molecule has 0 saturated heterocycles. The number of nitrogens with one attached hydrogen (secondary N) is 1. The molecular weight excluding hydrogens is 266 g/mol. The van der Waals surface area contributed by atoms with E-state index in [4.69, 9.17) is 4.74 Å². The Kier molecular flexibility index (Phi) is 4.79. The molecule has 2 fully saturated rings. The molecular formula is C17H27NOS. The molecule has 0 aromatic carbocycles. The summed E-state index contributed by atoms with van der Waals surface area (Å²) < 4.78 is 6.27. The summed E-state index contributed by atoms with van der Waals surface area (Å²) in [5.74, 6) is 0. The highest BCUT2D eigenvalue weighted by Crippen LogP contribution is 2.54. The fourth-order valence-corrected chi connectivity index (χ4v) is 4.74. The van der Waals surface area contributed by atoms with Gasteiger partial charge in [0.1, 0.15) is 0 Å². The lowest BCUT2D eigenvalue weighted by molar-refractivity contribution is -0.132. The molecule has 1 heterocycles. The first kappa shape index (κ1) is 14.6. The Bertz CT molecular complexity index is 397. The first-order chi connectivity index (χ1) is 9.85. The topological polar surface area (TPSA) is 21.3 Å². The molecule has 2 aliphatic carbocycles. The molecule has 0 bridgehead atoms. The fraction of sp³-hybridized carbons (Fsp3) is 0.765. The molecule has 2 atom stereocenters.